The second-order valence-corrected chi connectivity index (χ2v) is 3.85. The maximum atomic E-state index is 11.8. The lowest BCUT2D eigenvalue weighted by molar-refractivity contribution is 0.0354. The molecular weight excluding hydrogens is 250 g/mol. The van der Waals surface area contributed by atoms with Crippen LogP contribution in [0.25, 0.3) is 0 Å². The van der Waals surface area contributed by atoms with Gasteiger partial charge in [-0.1, -0.05) is 0 Å². The van der Waals surface area contributed by atoms with E-state index in [4.69, 9.17) is 9.15 Å². The van der Waals surface area contributed by atoms with Crippen molar-refractivity contribution in [1.29, 1.82) is 0 Å². The summed E-state index contributed by atoms with van der Waals surface area (Å²) in [6.07, 6.45) is -0.161. The fourth-order valence-electron chi connectivity index (χ4n) is 1.43. The standard InChI is InChI=1S/C9H10BrNO3/c1-6-11(4-5-13-6)9(12)7-2-3-8(10)14-7/h2-3,6H,4-5H2,1H3. The Hall–Kier alpha value is -0.810. The van der Waals surface area contributed by atoms with E-state index in [1.165, 1.54) is 0 Å². The van der Waals surface area contributed by atoms with Gasteiger partial charge in [-0.25, -0.2) is 0 Å². The quantitative estimate of drug-likeness (QED) is 0.774. The van der Waals surface area contributed by atoms with Gasteiger partial charge in [0.1, 0.15) is 6.23 Å². The monoisotopic (exact) mass is 259 g/mol. The van der Waals surface area contributed by atoms with E-state index >= 15 is 0 Å². The summed E-state index contributed by atoms with van der Waals surface area (Å²) in [7, 11) is 0. The zero-order chi connectivity index (χ0) is 10.1. The number of nitrogens with zero attached hydrogens (tertiary/aromatic N) is 1. The summed E-state index contributed by atoms with van der Waals surface area (Å²) < 4.78 is 11.0. The summed E-state index contributed by atoms with van der Waals surface area (Å²) in [5, 5.41) is 0. The number of rotatable bonds is 1. The highest BCUT2D eigenvalue weighted by atomic mass is 79.9. The van der Waals surface area contributed by atoms with Crippen LogP contribution in [0.15, 0.2) is 21.2 Å². The predicted molar refractivity (Wildman–Crippen MR) is 52.9 cm³/mol. The van der Waals surface area contributed by atoms with Crippen molar-refractivity contribution in [1.82, 2.24) is 4.90 Å². The van der Waals surface area contributed by atoms with Crippen LogP contribution in [0.1, 0.15) is 17.5 Å². The molecule has 14 heavy (non-hydrogen) atoms. The van der Waals surface area contributed by atoms with Gasteiger partial charge in [0.25, 0.3) is 5.91 Å². The van der Waals surface area contributed by atoms with Crippen LogP contribution in [0, 0.1) is 0 Å². The summed E-state index contributed by atoms with van der Waals surface area (Å²) >= 11 is 3.16. The van der Waals surface area contributed by atoms with Gasteiger partial charge in [-0.15, -0.1) is 0 Å². The molecule has 1 unspecified atom stereocenters. The van der Waals surface area contributed by atoms with Gasteiger partial charge in [-0.3, -0.25) is 4.79 Å². The Labute approximate surface area is 89.9 Å². The van der Waals surface area contributed by atoms with Gasteiger partial charge < -0.3 is 14.1 Å². The SMILES string of the molecule is CC1OCCN1C(=O)c1ccc(Br)o1. The molecule has 1 aliphatic rings. The number of furan rings is 1. The van der Waals surface area contributed by atoms with Crippen LogP contribution >= 0.6 is 15.9 Å². The van der Waals surface area contributed by atoms with Crippen molar-refractivity contribution in [2.75, 3.05) is 13.2 Å². The highest BCUT2D eigenvalue weighted by Gasteiger charge is 2.28. The molecule has 1 aromatic rings. The first kappa shape index (κ1) is 9.73. The number of carbonyl (C=O) groups is 1. The van der Waals surface area contributed by atoms with Crippen molar-refractivity contribution in [3.8, 4) is 0 Å². The Balaban J connectivity index is 2.15. The molecule has 1 aromatic heterocycles. The molecule has 0 aliphatic carbocycles. The van der Waals surface area contributed by atoms with Gasteiger partial charge in [0.2, 0.25) is 0 Å². The van der Waals surface area contributed by atoms with Gasteiger partial charge in [-0.2, -0.15) is 0 Å². The van der Waals surface area contributed by atoms with Crippen molar-refractivity contribution in [2.24, 2.45) is 0 Å². The molecule has 1 fully saturated rings. The molecule has 76 valence electrons. The number of hydrogen-bond donors (Lipinski definition) is 0. The van der Waals surface area contributed by atoms with E-state index in [1.807, 2.05) is 6.92 Å². The summed E-state index contributed by atoms with van der Waals surface area (Å²) in [6.45, 7) is 3.07. The minimum atomic E-state index is -0.161. The van der Waals surface area contributed by atoms with Gasteiger partial charge in [0.05, 0.1) is 6.61 Å². The van der Waals surface area contributed by atoms with Gasteiger partial charge in [0.15, 0.2) is 10.4 Å². The maximum absolute atomic E-state index is 11.8. The van der Waals surface area contributed by atoms with Crippen LogP contribution in [-0.2, 0) is 4.74 Å². The zero-order valence-electron chi connectivity index (χ0n) is 7.70. The molecule has 0 bridgehead atoms. The van der Waals surface area contributed by atoms with Crippen molar-refractivity contribution >= 4 is 21.8 Å². The molecular formula is C9H10BrNO3. The molecule has 1 atom stereocenters. The van der Waals surface area contributed by atoms with E-state index in [0.717, 1.165) is 0 Å². The van der Waals surface area contributed by atoms with E-state index in [0.29, 0.717) is 23.6 Å². The fourth-order valence-corrected chi connectivity index (χ4v) is 1.74. The van der Waals surface area contributed by atoms with Crippen LogP contribution in [0.2, 0.25) is 0 Å². The maximum Gasteiger partial charge on any atom is 0.291 e. The predicted octanol–water partition coefficient (Wildman–Crippen LogP) is 1.86. The van der Waals surface area contributed by atoms with Gasteiger partial charge in [0, 0.05) is 6.54 Å². The van der Waals surface area contributed by atoms with Crippen LogP contribution < -0.4 is 0 Å². The first-order valence-corrected chi connectivity index (χ1v) is 5.15. The van der Waals surface area contributed by atoms with Crippen LogP contribution in [0.5, 0.6) is 0 Å². The summed E-state index contributed by atoms with van der Waals surface area (Å²) in [4.78, 5) is 13.4. The van der Waals surface area contributed by atoms with E-state index in [9.17, 15) is 4.79 Å². The summed E-state index contributed by atoms with van der Waals surface area (Å²) in [6, 6.07) is 3.35. The number of carbonyl (C=O) groups excluding carboxylic acids is 1. The molecule has 0 aromatic carbocycles. The highest BCUT2D eigenvalue weighted by molar-refractivity contribution is 9.10. The summed E-state index contributed by atoms with van der Waals surface area (Å²) in [5.74, 6) is 0.218. The Bertz CT molecular complexity index is 350. The molecule has 0 radical (unpaired) electrons. The molecule has 0 saturated carbocycles. The normalized spacial score (nSPS) is 21.6. The minimum absolute atomic E-state index is 0.124. The number of ether oxygens (including phenoxy) is 1. The Morgan fingerprint density at radius 2 is 2.43 bits per heavy atom. The van der Waals surface area contributed by atoms with Crippen molar-refractivity contribution in [3.05, 3.63) is 22.6 Å². The topological polar surface area (TPSA) is 42.7 Å². The molecule has 4 nitrogen and oxygen atoms in total. The van der Waals surface area contributed by atoms with E-state index in [-0.39, 0.29) is 12.1 Å². The molecule has 1 aliphatic heterocycles. The first-order chi connectivity index (χ1) is 6.68. The fraction of sp³-hybridized carbons (Fsp3) is 0.444. The lowest BCUT2D eigenvalue weighted by atomic mass is 10.3. The Morgan fingerprint density at radius 1 is 1.64 bits per heavy atom. The van der Waals surface area contributed by atoms with Crippen molar-refractivity contribution < 1.29 is 13.9 Å². The highest BCUT2D eigenvalue weighted by Crippen LogP contribution is 2.18. The molecule has 2 heterocycles. The zero-order valence-corrected chi connectivity index (χ0v) is 9.28. The second-order valence-electron chi connectivity index (χ2n) is 3.07. The minimum Gasteiger partial charge on any atom is -0.444 e. The average molecular weight is 260 g/mol. The van der Waals surface area contributed by atoms with Gasteiger partial charge >= 0.3 is 0 Å². The number of hydrogen-bond acceptors (Lipinski definition) is 3. The third-order valence-corrected chi connectivity index (χ3v) is 2.60. The largest absolute Gasteiger partial charge is 0.444 e. The molecule has 1 amide bonds. The molecule has 2 rings (SSSR count). The molecule has 0 N–H and O–H groups in total. The van der Waals surface area contributed by atoms with Gasteiger partial charge in [-0.05, 0) is 35.0 Å². The average Bonchev–Trinajstić information content (AvgIpc) is 2.73. The van der Waals surface area contributed by atoms with Crippen molar-refractivity contribution in [3.63, 3.8) is 0 Å². The summed E-state index contributed by atoms with van der Waals surface area (Å²) in [5.41, 5.74) is 0. The molecule has 1 saturated heterocycles. The van der Waals surface area contributed by atoms with Crippen molar-refractivity contribution in [2.45, 2.75) is 13.2 Å². The third-order valence-electron chi connectivity index (χ3n) is 2.18. The van der Waals surface area contributed by atoms with E-state index < -0.39 is 0 Å². The number of halogens is 1. The smallest absolute Gasteiger partial charge is 0.291 e. The second kappa shape index (κ2) is 3.74. The van der Waals surface area contributed by atoms with Crippen LogP contribution in [0.4, 0.5) is 0 Å². The Kier molecular flexibility index (Phi) is 2.60. The molecule has 5 heteroatoms. The van der Waals surface area contributed by atoms with E-state index in [2.05, 4.69) is 15.9 Å². The van der Waals surface area contributed by atoms with Crippen LogP contribution in [-0.4, -0.2) is 30.2 Å². The van der Waals surface area contributed by atoms with E-state index in [1.54, 1.807) is 17.0 Å². The Morgan fingerprint density at radius 3 is 2.93 bits per heavy atom. The lowest BCUT2D eigenvalue weighted by Crippen LogP contribution is -2.33. The molecule has 0 spiro atoms. The number of amides is 1. The lowest BCUT2D eigenvalue weighted by Gasteiger charge is -2.17. The van der Waals surface area contributed by atoms with Crippen LogP contribution in [0.3, 0.4) is 0 Å². The third kappa shape index (κ3) is 1.69. The first-order valence-electron chi connectivity index (χ1n) is 4.36.